The Hall–Kier alpha value is -1.28. The van der Waals surface area contributed by atoms with Crippen LogP contribution in [0.15, 0.2) is 24.3 Å². The molecule has 0 aliphatic carbocycles. The van der Waals surface area contributed by atoms with Crippen LogP contribution in [0.25, 0.3) is 0 Å². The van der Waals surface area contributed by atoms with E-state index in [1.807, 2.05) is 24.3 Å². The first-order valence-electron chi connectivity index (χ1n) is 7.90. The predicted octanol–water partition coefficient (Wildman–Crippen LogP) is 1.71. The summed E-state index contributed by atoms with van der Waals surface area (Å²) in [4.78, 5) is 24.2. The molecule has 0 radical (unpaired) electrons. The monoisotopic (exact) mass is 369 g/mol. The third-order valence-corrected chi connectivity index (χ3v) is 5.95. The molecule has 24 heavy (non-hydrogen) atoms. The van der Waals surface area contributed by atoms with Gasteiger partial charge in [-0.05, 0) is 42.4 Å². The summed E-state index contributed by atoms with van der Waals surface area (Å²) in [6.07, 6.45) is 1.42. The van der Waals surface area contributed by atoms with Crippen molar-refractivity contribution in [1.29, 1.82) is 0 Å². The first-order valence-corrected chi connectivity index (χ1v) is 9.44. The van der Waals surface area contributed by atoms with Gasteiger partial charge in [0, 0.05) is 11.1 Å². The average Bonchev–Trinajstić information content (AvgIpc) is 3.06. The van der Waals surface area contributed by atoms with E-state index < -0.39 is 17.6 Å². The van der Waals surface area contributed by atoms with Crippen LogP contribution in [0, 0.1) is 0 Å². The fourth-order valence-corrected chi connectivity index (χ4v) is 4.58. The van der Waals surface area contributed by atoms with Gasteiger partial charge in [-0.2, -0.15) is 11.8 Å². The molecule has 2 heterocycles. The van der Waals surface area contributed by atoms with Crippen LogP contribution >= 0.6 is 23.4 Å². The smallest absolute Gasteiger partial charge is 0.329 e. The molecule has 0 saturated carbocycles. The highest BCUT2D eigenvalue weighted by Crippen LogP contribution is 2.30. The molecule has 2 atom stereocenters. The minimum atomic E-state index is -1.15. The number of aliphatic carboxylic acids is 1. The van der Waals surface area contributed by atoms with E-state index in [4.69, 9.17) is 11.6 Å². The molecule has 2 unspecified atom stereocenters. The Morgan fingerprint density at radius 3 is 2.62 bits per heavy atom. The molecule has 0 spiro atoms. The minimum absolute atomic E-state index is 0.0860. The first-order chi connectivity index (χ1) is 11.5. The number of rotatable bonds is 4. The van der Waals surface area contributed by atoms with E-state index in [1.165, 1.54) is 0 Å². The molecule has 6 nitrogen and oxygen atoms in total. The number of carboxylic acids is 1. The van der Waals surface area contributed by atoms with Crippen molar-refractivity contribution in [3.63, 3.8) is 0 Å². The van der Waals surface area contributed by atoms with E-state index in [0.717, 1.165) is 17.1 Å². The van der Waals surface area contributed by atoms with Crippen LogP contribution in [-0.4, -0.2) is 40.1 Å². The number of amides is 1. The number of hydrogen-bond acceptors (Lipinski definition) is 5. The topological polar surface area (TPSA) is 90.5 Å². The van der Waals surface area contributed by atoms with Gasteiger partial charge in [0.15, 0.2) is 0 Å². The Labute approximate surface area is 149 Å². The van der Waals surface area contributed by atoms with Crippen LogP contribution in [0.3, 0.4) is 0 Å². The number of hydrazine groups is 1. The van der Waals surface area contributed by atoms with Crippen LogP contribution in [0.2, 0.25) is 5.02 Å². The van der Waals surface area contributed by atoms with Crippen LogP contribution in [0.4, 0.5) is 0 Å². The third-order valence-electron chi connectivity index (χ3n) is 4.62. The Balaban J connectivity index is 1.66. The molecule has 4 N–H and O–H groups in total. The number of carboxylic acid groups (broad SMARTS) is 1. The summed E-state index contributed by atoms with van der Waals surface area (Å²) in [6, 6.07) is 6.91. The zero-order valence-corrected chi connectivity index (χ0v) is 14.6. The van der Waals surface area contributed by atoms with Crippen LogP contribution in [0.5, 0.6) is 0 Å². The molecular formula is C16H20ClN3O3S. The van der Waals surface area contributed by atoms with Gasteiger partial charge in [0.05, 0.1) is 0 Å². The largest absolute Gasteiger partial charge is 0.480 e. The highest BCUT2D eigenvalue weighted by atomic mass is 35.5. The summed E-state index contributed by atoms with van der Waals surface area (Å²) in [5.41, 5.74) is 5.81. The van der Waals surface area contributed by atoms with Gasteiger partial charge >= 0.3 is 5.97 Å². The van der Waals surface area contributed by atoms with Gasteiger partial charge in [-0.1, -0.05) is 29.8 Å². The number of nitrogens with one attached hydrogen (secondary N) is 3. The van der Waals surface area contributed by atoms with Crippen molar-refractivity contribution in [2.75, 3.05) is 11.5 Å². The van der Waals surface area contributed by atoms with Gasteiger partial charge < -0.3 is 10.4 Å². The van der Waals surface area contributed by atoms with Crippen LogP contribution in [0.1, 0.15) is 30.9 Å². The maximum Gasteiger partial charge on any atom is 0.329 e. The van der Waals surface area contributed by atoms with Crippen molar-refractivity contribution in [3.05, 3.63) is 34.9 Å². The molecule has 1 amide bonds. The van der Waals surface area contributed by atoms with E-state index in [9.17, 15) is 14.7 Å². The van der Waals surface area contributed by atoms with E-state index >= 15 is 0 Å². The third kappa shape index (κ3) is 3.54. The highest BCUT2D eigenvalue weighted by Gasteiger charge is 2.43. The average molecular weight is 370 g/mol. The molecule has 0 bridgehead atoms. The predicted molar refractivity (Wildman–Crippen MR) is 93.9 cm³/mol. The molecule has 2 fully saturated rings. The number of benzene rings is 1. The maximum absolute atomic E-state index is 12.6. The lowest BCUT2D eigenvalue weighted by Gasteiger charge is -2.34. The van der Waals surface area contributed by atoms with Gasteiger partial charge in [0.1, 0.15) is 11.6 Å². The maximum atomic E-state index is 12.6. The molecule has 3 rings (SSSR count). The van der Waals surface area contributed by atoms with Gasteiger partial charge in [-0.3, -0.25) is 4.79 Å². The van der Waals surface area contributed by atoms with Crippen molar-refractivity contribution in [2.24, 2.45) is 0 Å². The lowest BCUT2D eigenvalue weighted by atomic mass is 9.91. The Bertz CT molecular complexity index is 637. The van der Waals surface area contributed by atoms with Crippen molar-refractivity contribution in [2.45, 2.75) is 36.9 Å². The second kappa shape index (κ2) is 7.31. The summed E-state index contributed by atoms with van der Waals surface area (Å²) < 4.78 is 0. The van der Waals surface area contributed by atoms with Gasteiger partial charge in [-0.15, -0.1) is 0 Å². The number of carbonyl (C=O) groups excluding carboxylic acids is 1. The highest BCUT2D eigenvalue weighted by molar-refractivity contribution is 7.99. The molecule has 1 aromatic rings. The zero-order valence-electron chi connectivity index (χ0n) is 13.0. The second-order valence-corrected chi connectivity index (χ2v) is 7.77. The fourth-order valence-electron chi connectivity index (χ4n) is 3.12. The normalized spacial score (nSPS) is 26.0. The van der Waals surface area contributed by atoms with E-state index in [1.54, 1.807) is 11.8 Å². The number of carbonyl (C=O) groups is 2. The van der Waals surface area contributed by atoms with Crippen molar-refractivity contribution < 1.29 is 14.7 Å². The fraction of sp³-hybridized carbons (Fsp3) is 0.500. The SMILES string of the molecule is O=C(NC1(C(=O)O)CCSCC1)C1CC(c2ccccc2Cl)NN1. The van der Waals surface area contributed by atoms with Crippen LogP contribution in [-0.2, 0) is 9.59 Å². The van der Waals surface area contributed by atoms with Gasteiger partial charge in [-0.25, -0.2) is 15.6 Å². The lowest BCUT2D eigenvalue weighted by molar-refractivity contribution is -0.148. The number of hydrogen-bond donors (Lipinski definition) is 4. The van der Waals surface area contributed by atoms with Crippen LogP contribution < -0.4 is 16.2 Å². The van der Waals surface area contributed by atoms with E-state index in [2.05, 4.69) is 16.2 Å². The molecule has 1 aromatic carbocycles. The van der Waals surface area contributed by atoms with Gasteiger partial charge in [0.2, 0.25) is 5.91 Å². The first kappa shape index (κ1) is 17.5. The van der Waals surface area contributed by atoms with E-state index in [-0.39, 0.29) is 11.9 Å². The van der Waals surface area contributed by atoms with Crippen molar-refractivity contribution in [1.82, 2.24) is 16.2 Å². The number of thioether (sulfide) groups is 1. The molecular weight excluding hydrogens is 350 g/mol. The Morgan fingerprint density at radius 2 is 1.96 bits per heavy atom. The lowest BCUT2D eigenvalue weighted by Crippen LogP contribution is -2.60. The molecule has 8 heteroatoms. The standard InChI is InChI=1S/C16H20ClN3O3S/c17-11-4-2-1-3-10(11)12-9-13(20-19-12)14(21)18-16(15(22)23)5-7-24-8-6-16/h1-4,12-13,19-20H,5-9H2,(H,18,21)(H,22,23). The Morgan fingerprint density at radius 1 is 1.25 bits per heavy atom. The minimum Gasteiger partial charge on any atom is -0.480 e. The number of halogens is 1. The summed E-state index contributed by atoms with van der Waals surface area (Å²) in [5.74, 6) is 0.243. The molecule has 0 aromatic heterocycles. The quantitative estimate of drug-likeness (QED) is 0.646. The summed E-state index contributed by atoms with van der Waals surface area (Å²) in [6.45, 7) is 0. The molecule has 2 aliphatic heterocycles. The van der Waals surface area contributed by atoms with E-state index in [0.29, 0.717) is 24.3 Å². The molecule has 2 saturated heterocycles. The van der Waals surface area contributed by atoms with Crippen molar-refractivity contribution in [3.8, 4) is 0 Å². The molecule has 2 aliphatic rings. The summed E-state index contributed by atoms with van der Waals surface area (Å²) >= 11 is 7.92. The summed E-state index contributed by atoms with van der Waals surface area (Å²) in [5, 5.41) is 13.0. The second-order valence-electron chi connectivity index (χ2n) is 6.14. The Kier molecular flexibility index (Phi) is 5.34. The molecule has 130 valence electrons. The zero-order chi connectivity index (χ0) is 17.2. The van der Waals surface area contributed by atoms with Gasteiger partial charge in [0.25, 0.3) is 0 Å². The van der Waals surface area contributed by atoms with Crippen molar-refractivity contribution >= 4 is 35.2 Å². The summed E-state index contributed by atoms with van der Waals surface area (Å²) in [7, 11) is 0.